The van der Waals surface area contributed by atoms with Gasteiger partial charge in [-0.2, -0.15) is 4.31 Å². The molecular weight excluding hydrogens is 277 g/mol. The molecule has 1 saturated carbocycles. The van der Waals surface area contributed by atoms with E-state index < -0.39 is 15.8 Å². The Hall–Kier alpha value is -0.650. The zero-order valence-corrected chi connectivity index (χ0v) is 11.6. The molecule has 0 unspecified atom stereocenters. The first kappa shape index (κ1) is 13.8. The maximum absolute atomic E-state index is 13.3. The maximum Gasteiger partial charge on any atom is 0.243 e. The van der Waals surface area contributed by atoms with Gasteiger partial charge in [-0.15, -0.1) is 11.6 Å². The Labute approximate surface area is 112 Å². The van der Waals surface area contributed by atoms with E-state index in [0.29, 0.717) is 12.1 Å². The molecule has 6 heteroatoms. The van der Waals surface area contributed by atoms with Crippen LogP contribution in [0.2, 0.25) is 0 Å². The molecule has 0 atom stereocenters. The third-order valence-corrected chi connectivity index (χ3v) is 5.42. The molecule has 0 aromatic heterocycles. The number of hydrogen-bond acceptors (Lipinski definition) is 2. The molecule has 1 aromatic rings. The lowest BCUT2D eigenvalue weighted by atomic mass is 10.2. The van der Waals surface area contributed by atoms with Crippen molar-refractivity contribution in [3.05, 3.63) is 29.6 Å². The summed E-state index contributed by atoms with van der Waals surface area (Å²) in [4.78, 5) is -0.00810. The van der Waals surface area contributed by atoms with Gasteiger partial charge in [0.2, 0.25) is 10.0 Å². The summed E-state index contributed by atoms with van der Waals surface area (Å²) in [6.45, 7) is 2.18. The zero-order valence-electron chi connectivity index (χ0n) is 10.1. The van der Waals surface area contributed by atoms with Crippen LogP contribution in [0.5, 0.6) is 0 Å². The minimum absolute atomic E-state index is 0.00810. The highest BCUT2D eigenvalue weighted by atomic mass is 35.5. The molecule has 0 radical (unpaired) electrons. The first-order chi connectivity index (χ1) is 8.50. The lowest BCUT2D eigenvalue weighted by Crippen LogP contribution is -2.33. The van der Waals surface area contributed by atoms with E-state index in [-0.39, 0.29) is 16.8 Å². The van der Waals surface area contributed by atoms with Gasteiger partial charge in [-0.25, -0.2) is 12.8 Å². The van der Waals surface area contributed by atoms with E-state index in [4.69, 9.17) is 11.6 Å². The van der Waals surface area contributed by atoms with Crippen LogP contribution < -0.4 is 0 Å². The molecule has 0 heterocycles. The van der Waals surface area contributed by atoms with Gasteiger partial charge in [0.15, 0.2) is 0 Å². The first-order valence-corrected chi connectivity index (χ1v) is 7.84. The third kappa shape index (κ3) is 2.53. The highest BCUT2D eigenvalue weighted by molar-refractivity contribution is 7.89. The fourth-order valence-electron chi connectivity index (χ4n) is 1.99. The van der Waals surface area contributed by atoms with Crippen LogP contribution in [0.25, 0.3) is 0 Å². The Morgan fingerprint density at radius 1 is 1.44 bits per heavy atom. The second-order valence-electron chi connectivity index (χ2n) is 4.33. The molecule has 0 bridgehead atoms. The molecule has 0 N–H and O–H groups in total. The van der Waals surface area contributed by atoms with Crippen molar-refractivity contribution < 1.29 is 12.8 Å². The molecule has 0 spiro atoms. The molecule has 3 nitrogen and oxygen atoms in total. The van der Waals surface area contributed by atoms with E-state index in [2.05, 4.69) is 0 Å². The summed E-state index contributed by atoms with van der Waals surface area (Å²) in [7, 11) is -3.64. The van der Waals surface area contributed by atoms with Crippen LogP contribution in [0.1, 0.15) is 25.3 Å². The third-order valence-electron chi connectivity index (χ3n) is 3.03. The van der Waals surface area contributed by atoms with E-state index in [1.807, 2.05) is 0 Å². The molecule has 1 aliphatic carbocycles. The normalized spacial score (nSPS) is 16.2. The average molecular weight is 292 g/mol. The quantitative estimate of drug-likeness (QED) is 0.782. The van der Waals surface area contributed by atoms with Crippen molar-refractivity contribution in [1.82, 2.24) is 4.31 Å². The van der Waals surface area contributed by atoms with Gasteiger partial charge in [-0.05, 0) is 30.5 Å². The standard InChI is InChI=1S/C12H15ClFNO2S/c1-2-15(11-5-6-11)18(16,17)12-7-10(14)4-3-9(12)8-13/h3-4,7,11H,2,5-6,8H2,1H3. The van der Waals surface area contributed by atoms with E-state index in [1.54, 1.807) is 6.92 Å². The van der Waals surface area contributed by atoms with E-state index in [1.165, 1.54) is 16.4 Å². The molecule has 1 fully saturated rings. The number of halogens is 2. The predicted molar refractivity (Wildman–Crippen MR) is 68.5 cm³/mol. The van der Waals surface area contributed by atoms with E-state index in [0.717, 1.165) is 18.9 Å². The molecule has 2 rings (SSSR count). The van der Waals surface area contributed by atoms with E-state index in [9.17, 15) is 12.8 Å². The van der Waals surface area contributed by atoms with Crippen molar-refractivity contribution in [1.29, 1.82) is 0 Å². The van der Waals surface area contributed by atoms with Crippen LogP contribution >= 0.6 is 11.6 Å². The van der Waals surface area contributed by atoms with Gasteiger partial charge in [-0.1, -0.05) is 13.0 Å². The lowest BCUT2D eigenvalue weighted by molar-refractivity contribution is 0.420. The minimum atomic E-state index is -3.64. The fourth-order valence-corrected chi connectivity index (χ4v) is 4.23. The predicted octanol–water partition coefficient (Wildman–Crippen LogP) is 2.74. The summed E-state index contributed by atoms with van der Waals surface area (Å²) in [6, 6.07) is 3.77. The summed E-state index contributed by atoms with van der Waals surface area (Å²) < 4.78 is 39.7. The number of sulfonamides is 1. The van der Waals surface area contributed by atoms with Gasteiger partial charge in [0.25, 0.3) is 0 Å². The molecule has 0 saturated heterocycles. The Kier molecular flexibility index (Phi) is 3.94. The monoisotopic (exact) mass is 291 g/mol. The van der Waals surface area contributed by atoms with Crippen molar-refractivity contribution in [3.8, 4) is 0 Å². The van der Waals surface area contributed by atoms with Crippen LogP contribution in [0, 0.1) is 5.82 Å². The number of benzene rings is 1. The number of rotatable bonds is 5. The second kappa shape index (κ2) is 5.15. The number of alkyl halides is 1. The minimum Gasteiger partial charge on any atom is -0.207 e. The lowest BCUT2D eigenvalue weighted by Gasteiger charge is -2.21. The molecular formula is C12H15ClFNO2S. The summed E-state index contributed by atoms with van der Waals surface area (Å²) in [5.74, 6) is -0.508. The maximum atomic E-state index is 13.3. The Morgan fingerprint density at radius 3 is 2.61 bits per heavy atom. The fraction of sp³-hybridized carbons (Fsp3) is 0.500. The van der Waals surface area contributed by atoms with Crippen molar-refractivity contribution in [2.75, 3.05) is 6.54 Å². The SMILES string of the molecule is CCN(C1CC1)S(=O)(=O)c1cc(F)ccc1CCl. The van der Waals surface area contributed by atoms with Crippen LogP contribution in [0.15, 0.2) is 23.1 Å². The van der Waals surface area contributed by atoms with Gasteiger partial charge in [0.1, 0.15) is 5.82 Å². The Bertz CT molecular complexity index is 543. The second-order valence-corrected chi connectivity index (χ2v) is 6.45. The molecule has 1 aromatic carbocycles. The smallest absolute Gasteiger partial charge is 0.207 e. The Balaban J connectivity index is 2.48. The molecule has 18 heavy (non-hydrogen) atoms. The van der Waals surface area contributed by atoms with Gasteiger partial charge in [0.05, 0.1) is 4.90 Å². The molecule has 0 amide bonds. The first-order valence-electron chi connectivity index (χ1n) is 5.87. The average Bonchev–Trinajstić information content (AvgIpc) is 3.14. The summed E-state index contributed by atoms with van der Waals surface area (Å²) in [5, 5.41) is 0. The molecule has 0 aliphatic heterocycles. The van der Waals surface area contributed by atoms with Crippen molar-refractivity contribution in [2.45, 2.75) is 36.6 Å². The summed E-state index contributed by atoms with van der Waals surface area (Å²) >= 11 is 5.73. The van der Waals surface area contributed by atoms with E-state index >= 15 is 0 Å². The zero-order chi connectivity index (χ0) is 13.3. The summed E-state index contributed by atoms with van der Waals surface area (Å²) in [5.41, 5.74) is 0.442. The largest absolute Gasteiger partial charge is 0.243 e. The van der Waals surface area contributed by atoms with Gasteiger partial charge >= 0.3 is 0 Å². The molecule has 1 aliphatic rings. The number of nitrogens with zero attached hydrogens (tertiary/aromatic N) is 1. The van der Waals surface area contributed by atoms with Crippen LogP contribution in [-0.4, -0.2) is 25.3 Å². The van der Waals surface area contributed by atoms with Crippen molar-refractivity contribution >= 4 is 21.6 Å². The Morgan fingerprint density at radius 2 is 2.11 bits per heavy atom. The van der Waals surface area contributed by atoms with Crippen molar-refractivity contribution in [2.24, 2.45) is 0 Å². The van der Waals surface area contributed by atoms with Gasteiger partial charge < -0.3 is 0 Å². The van der Waals surface area contributed by atoms with Crippen LogP contribution in [0.3, 0.4) is 0 Å². The van der Waals surface area contributed by atoms with Gasteiger partial charge in [0, 0.05) is 18.5 Å². The highest BCUT2D eigenvalue weighted by Crippen LogP contribution is 2.33. The topological polar surface area (TPSA) is 37.4 Å². The van der Waals surface area contributed by atoms with Crippen LogP contribution in [0.4, 0.5) is 4.39 Å². The molecule has 100 valence electrons. The van der Waals surface area contributed by atoms with Crippen LogP contribution in [-0.2, 0) is 15.9 Å². The van der Waals surface area contributed by atoms with Crippen molar-refractivity contribution in [3.63, 3.8) is 0 Å². The summed E-state index contributed by atoms with van der Waals surface area (Å²) in [6.07, 6.45) is 1.75. The highest BCUT2D eigenvalue weighted by Gasteiger charge is 2.37. The number of hydrogen-bond donors (Lipinski definition) is 0. The van der Waals surface area contributed by atoms with Gasteiger partial charge in [-0.3, -0.25) is 0 Å².